The van der Waals surface area contributed by atoms with Gasteiger partial charge >= 0.3 is 0 Å². The van der Waals surface area contributed by atoms with Crippen molar-refractivity contribution >= 4 is 27.5 Å². The molecule has 0 saturated carbocycles. The molecule has 118 valence electrons. The van der Waals surface area contributed by atoms with Crippen LogP contribution in [0.4, 0.5) is 0 Å². The van der Waals surface area contributed by atoms with Gasteiger partial charge in [-0.05, 0) is 57.2 Å². The van der Waals surface area contributed by atoms with E-state index in [0.717, 1.165) is 16.0 Å². The van der Waals surface area contributed by atoms with Crippen LogP contribution in [-0.4, -0.2) is 49.1 Å². The fourth-order valence-electron chi connectivity index (χ4n) is 3.18. The molecule has 1 aromatic rings. The predicted octanol–water partition coefficient (Wildman–Crippen LogP) is 3.52. The minimum Gasteiger partial charge on any atom is -0.329 e. The summed E-state index contributed by atoms with van der Waals surface area (Å²) < 4.78 is 1.04. The van der Waals surface area contributed by atoms with E-state index in [1.807, 2.05) is 12.1 Å². The second-order valence-corrected chi connectivity index (χ2v) is 7.04. The average molecular weight is 375 g/mol. The van der Waals surface area contributed by atoms with Crippen LogP contribution in [0.25, 0.3) is 0 Å². The van der Waals surface area contributed by atoms with Crippen LogP contribution in [0, 0.1) is 0 Å². The topological polar surface area (TPSA) is 32.5 Å². The second-order valence-electron chi connectivity index (χ2n) is 5.75. The number of nitrogens with zero attached hydrogens (tertiary/aromatic N) is 2. The van der Waals surface area contributed by atoms with Crippen LogP contribution in [0.1, 0.15) is 31.4 Å². The number of halogens is 2. The van der Waals surface area contributed by atoms with E-state index in [4.69, 9.17) is 17.3 Å². The highest BCUT2D eigenvalue weighted by Crippen LogP contribution is 2.31. The first-order valence-corrected chi connectivity index (χ1v) is 8.83. The molecule has 2 rings (SSSR count). The van der Waals surface area contributed by atoms with Crippen LogP contribution in [0.2, 0.25) is 5.02 Å². The first-order valence-electron chi connectivity index (χ1n) is 7.66. The average Bonchev–Trinajstić information content (AvgIpc) is 2.50. The van der Waals surface area contributed by atoms with Crippen LogP contribution in [0.5, 0.6) is 0 Å². The van der Waals surface area contributed by atoms with E-state index < -0.39 is 0 Å². The third-order valence-electron chi connectivity index (χ3n) is 4.62. The highest BCUT2D eigenvalue weighted by molar-refractivity contribution is 9.10. The van der Waals surface area contributed by atoms with Crippen molar-refractivity contribution in [1.29, 1.82) is 0 Å². The minimum atomic E-state index is 0.231. The number of rotatable bonds is 5. The number of nitrogens with two attached hydrogens (primary N) is 1. The van der Waals surface area contributed by atoms with Crippen LogP contribution in [0.3, 0.4) is 0 Å². The largest absolute Gasteiger partial charge is 0.329 e. The summed E-state index contributed by atoms with van der Waals surface area (Å²) >= 11 is 9.67. The van der Waals surface area contributed by atoms with E-state index in [1.165, 1.54) is 31.5 Å². The number of hydrogen-bond donors (Lipinski definition) is 1. The quantitative estimate of drug-likeness (QED) is 0.856. The van der Waals surface area contributed by atoms with Crippen molar-refractivity contribution in [2.24, 2.45) is 5.73 Å². The molecular formula is C16H25BrClN3. The minimum absolute atomic E-state index is 0.231. The van der Waals surface area contributed by atoms with Crippen molar-refractivity contribution in [3.05, 3.63) is 33.3 Å². The molecule has 0 bridgehead atoms. The molecule has 0 aliphatic carbocycles. The van der Waals surface area contributed by atoms with Crippen molar-refractivity contribution < 1.29 is 0 Å². The number of likely N-dealkylation sites (tertiary alicyclic amines) is 1. The van der Waals surface area contributed by atoms with Crippen molar-refractivity contribution in [1.82, 2.24) is 9.80 Å². The summed E-state index contributed by atoms with van der Waals surface area (Å²) in [5, 5.41) is 0.750. The Morgan fingerprint density at radius 1 is 1.43 bits per heavy atom. The molecule has 1 heterocycles. The molecular weight excluding hydrogens is 350 g/mol. The lowest BCUT2D eigenvalue weighted by molar-refractivity contribution is 0.101. The molecule has 1 unspecified atom stereocenters. The molecule has 1 aromatic carbocycles. The van der Waals surface area contributed by atoms with Gasteiger partial charge in [-0.3, -0.25) is 4.90 Å². The van der Waals surface area contributed by atoms with Crippen molar-refractivity contribution in [3.8, 4) is 0 Å². The van der Waals surface area contributed by atoms with Gasteiger partial charge in [0.1, 0.15) is 0 Å². The molecule has 1 fully saturated rings. The molecule has 3 nitrogen and oxygen atoms in total. The van der Waals surface area contributed by atoms with Crippen molar-refractivity contribution in [3.63, 3.8) is 0 Å². The summed E-state index contributed by atoms with van der Waals surface area (Å²) in [4.78, 5) is 4.96. The summed E-state index contributed by atoms with van der Waals surface area (Å²) in [7, 11) is 2.20. The first-order chi connectivity index (χ1) is 10.1. The molecule has 0 spiro atoms. The zero-order valence-electron chi connectivity index (χ0n) is 12.9. The predicted molar refractivity (Wildman–Crippen MR) is 93.8 cm³/mol. The van der Waals surface area contributed by atoms with Crippen molar-refractivity contribution in [2.75, 3.05) is 33.2 Å². The second kappa shape index (κ2) is 7.93. The molecule has 0 radical (unpaired) electrons. The lowest BCUT2D eigenvalue weighted by Crippen LogP contribution is -2.46. The monoisotopic (exact) mass is 373 g/mol. The van der Waals surface area contributed by atoms with Crippen LogP contribution >= 0.6 is 27.5 Å². The molecule has 5 heteroatoms. The van der Waals surface area contributed by atoms with Gasteiger partial charge in [0.15, 0.2) is 0 Å². The summed E-state index contributed by atoms with van der Waals surface area (Å²) in [6.45, 7) is 6.37. The van der Waals surface area contributed by atoms with Gasteiger partial charge in [0.2, 0.25) is 0 Å². The SMILES string of the molecule is CCN1CCC(N(C)C(CN)c2ccc(Cl)cc2Br)CC1. The van der Waals surface area contributed by atoms with E-state index in [2.05, 4.69) is 45.8 Å². The van der Waals surface area contributed by atoms with E-state index in [9.17, 15) is 0 Å². The Morgan fingerprint density at radius 2 is 2.10 bits per heavy atom. The van der Waals surface area contributed by atoms with E-state index >= 15 is 0 Å². The third-order valence-corrected chi connectivity index (χ3v) is 5.54. The summed E-state index contributed by atoms with van der Waals surface area (Å²) in [5.74, 6) is 0. The maximum atomic E-state index is 6.07. The molecule has 0 amide bonds. The van der Waals surface area contributed by atoms with Gasteiger partial charge < -0.3 is 10.6 Å². The van der Waals surface area contributed by atoms with Crippen LogP contribution in [-0.2, 0) is 0 Å². The van der Waals surface area contributed by atoms with Gasteiger partial charge in [-0.1, -0.05) is 40.5 Å². The maximum Gasteiger partial charge on any atom is 0.0481 e. The molecule has 0 aromatic heterocycles. The van der Waals surface area contributed by atoms with Gasteiger partial charge in [-0.25, -0.2) is 0 Å². The Kier molecular flexibility index (Phi) is 6.51. The zero-order chi connectivity index (χ0) is 15.4. The highest BCUT2D eigenvalue weighted by Gasteiger charge is 2.27. The van der Waals surface area contributed by atoms with Crippen LogP contribution < -0.4 is 5.73 Å². The fraction of sp³-hybridized carbons (Fsp3) is 0.625. The Hall–Kier alpha value is -0.130. The summed E-state index contributed by atoms with van der Waals surface area (Å²) in [6, 6.07) is 6.81. The van der Waals surface area contributed by atoms with Crippen molar-refractivity contribution in [2.45, 2.75) is 31.8 Å². The fourth-order valence-corrected chi connectivity index (χ4v) is 4.13. The van der Waals surface area contributed by atoms with Gasteiger partial charge in [-0.2, -0.15) is 0 Å². The Morgan fingerprint density at radius 3 is 2.62 bits per heavy atom. The number of piperidine rings is 1. The number of likely N-dealkylation sites (N-methyl/N-ethyl adjacent to an activating group) is 1. The molecule has 1 aliphatic rings. The van der Waals surface area contributed by atoms with Gasteiger partial charge in [-0.15, -0.1) is 0 Å². The van der Waals surface area contributed by atoms with E-state index in [-0.39, 0.29) is 6.04 Å². The molecule has 21 heavy (non-hydrogen) atoms. The van der Waals surface area contributed by atoms with Gasteiger partial charge in [0.05, 0.1) is 0 Å². The van der Waals surface area contributed by atoms with Crippen LogP contribution in [0.15, 0.2) is 22.7 Å². The zero-order valence-corrected chi connectivity index (χ0v) is 15.2. The number of hydrogen-bond acceptors (Lipinski definition) is 3. The van der Waals surface area contributed by atoms with E-state index in [0.29, 0.717) is 12.6 Å². The smallest absolute Gasteiger partial charge is 0.0481 e. The normalized spacial score (nSPS) is 19.1. The summed E-state index contributed by atoms with van der Waals surface area (Å²) in [6.07, 6.45) is 2.43. The Bertz CT molecular complexity index is 461. The maximum absolute atomic E-state index is 6.07. The summed E-state index contributed by atoms with van der Waals surface area (Å²) in [5.41, 5.74) is 7.29. The highest BCUT2D eigenvalue weighted by atomic mass is 79.9. The Labute approximate surface area is 141 Å². The van der Waals surface area contributed by atoms with Gasteiger partial charge in [0.25, 0.3) is 0 Å². The van der Waals surface area contributed by atoms with Gasteiger partial charge in [0, 0.05) is 28.1 Å². The molecule has 1 aliphatic heterocycles. The molecule has 2 N–H and O–H groups in total. The third kappa shape index (κ3) is 4.20. The standard InChI is InChI=1S/C16H25BrClN3/c1-3-21-8-6-13(7-9-21)20(2)16(11-19)14-5-4-12(18)10-15(14)17/h4-5,10,13,16H,3,6-9,11,19H2,1-2H3. The number of benzene rings is 1. The first kappa shape index (κ1) is 17.2. The Balaban J connectivity index is 2.10. The lowest BCUT2D eigenvalue weighted by atomic mass is 9.98. The van der Waals surface area contributed by atoms with E-state index in [1.54, 1.807) is 0 Å². The molecule has 1 atom stereocenters. The molecule has 1 saturated heterocycles. The lowest BCUT2D eigenvalue weighted by Gasteiger charge is -2.40.